The molecule has 0 aliphatic heterocycles. The largest absolute Gasteiger partial charge is 0.444 e. The molecule has 3 rings (SSSR count). The number of amides is 2. The minimum absolute atomic E-state index is 0.207. The molecule has 2 aromatic heterocycles. The van der Waals surface area contributed by atoms with Gasteiger partial charge in [-0.15, -0.1) is 0 Å². The fourth-order valence-corrected chi connectivity index (χ4v) is 4.19. The maximum atomic E-state index is 11.8. The fraction of sp³-hybridized carbons (Fsp3) is 0.125. The average Bonchev–Trinajstić information content (AvgIpc) is 2.97. The fourth-order valence-electron chi connectivity index (χ4n) is 2.67. The number of rotatable bonds is 5. The molecule has 0 fully saturated rings. The molecule has 0 bridgehead atoms. The Kier molecular flexibility index (Phi) is 4.98. The molecule has 0 atom stereocenters. The summed E-state index contributed by atoms with van der Waals surface area (Å²) in [7, 11) is 0. The number of hydrogen-bond acceptors (Lipinski definition) is 8. The Morgan fingerprint density at radius 1 is 1.27 bits per heavy atom. The summed E-state index contributed by atoms with van der Waals surface area (Å²) in [5.41, 5.74) is 15.7. The number of thiophene rings is 1. The van der Waals surface area contributed by atoms with Crippen molar-refractivity contribution in [1.29, 1.82) is 0 Å². The first kappa shape index (κ1) is 18.0. The Labute approximate surface area is 158 Å². The molecule has 0 radical (unpaired) electrons. The maximum absolute atomic E-state index is 11.8. The van der Waals surface area contributed by atoms with Crippen LogP contribution in [0.2, 0.25) is 0 Å². The zero-order valence-corrected chi connectivity index (χ0v) is 15.1. The van der Waals surface area contributed by atoms with Gasteiger partial charge >= 0.3 is 0 Å². The number of primary amides is 2. The molecule has 2 amide bonds. The zero-order chi connectivity index (χ0) is 18.8. The maximum Gasteiger partial charge on any atom is 0.259 e. The smallest absolute Gasteiger partial charge is 0.259 e. The van der Waals surface area contributed by atoms with Crippen LogP contribution < -0.4 is 27.5 Å². The van der Waals surface area contributed by atoms with E-state index in [9.17, 15) is 9.59 Å². The number of fused-ring (bicyclic) bond motifs is 1. The van der Waals surface area contributed by atoms with Crippen molar-refractivity contribution in [3.63, 3.8) is 0 Å². The molecular weight excluding hydrogens is 374 g/mol. The first-order chi connectivity index (χ1) is 12.4. The van der Waals surface area contributed by atoms with Crippen molar-refractivity contribution < 1.29 is 14.3 Å². The number of hydrazine groups is 1. The number of nitrogens with two attached hydrogens (primary N) is 3. The van der Waals surface area contributed by atoms with Gasteiger partial charge < -0.3 is 21.6 Å². The van der Waals surface area contributed by atoms with Crippen molar-refractivity contribution in [2.45, 2.75) is 12.8 Å². The van der Waals surface area contributed by atoms with Crippen molar-refractivity contribution in [3.05, 3.63) is 51.8 Å². The number of nitrogens with zero attached hydrogens (tertiary/aromatic N) is 1. The summed E-state index contributed by atoms with van der Waals surface area (Å²) in [6.45, 7) is 0. The summed E-state index contributed by atoms with van der Waals surface area (Å²) in [5, 5.41) is 0.407. The summed E-state index contributed by atoms with van der Waals surface area (Å²) in [4.78, 5) is 28.0. The number of pyridine rings is 1. The number of carbonyl (C=O) groups is 2. The number of carbonyl (C=O) groups excluding carboxylic acids is 2. The number of nitrogens with one attached hydrogen (secondary N) is 1. The second-order valence-electron chi connectivity index (χ2n) is 5.48. The standard InChI is InChI=1S/C16H15N5O3S2/c17-14(22)8-3-9(6-20-4-8)24-16-11-10(13(26-16)15(18)23)2-1-7(5-21-19)12(11)25/h3-6,21H,1-2,19H2,(H2,17,22)(H2,18,23). The molecular formula is C16H15N5O3S2. The van der Waals surface area contributed by atoms with Crippen molar-refractivity contribution in [2.75, 3.05) is 0 Å². The van der Waals surface area contributed by atoms with E-state index >= 15 is 0 Å². The van der Waals surface area contributed by atoms with E-state index in [2.05, 4.69) is 10.4 Å². The molecule has 8 nitrogen and oxygen atoms in total. The lowest BCUT2D eigenvalue weighted by atomic mass is 9.89. The van der Waals surface area contributed by atoms with Gasteiger partial charge in [-0.3, -0.25) is 20.4 Å². The summed E-state index contributed by atoms with van der Waals surface area (Å²) >= 11 is 6.65. The minimum Gasteiger partial charge on any atom is -0.444 e. The molecule has 0 spiro atoms. The minimum atomic E-state index is -0.622. The first-order valence-corrected chi connectivity index (χ1v) is 8.73. The highest BCUT2D eigenvalue weighted by molar-refractivity contribution is 7.81. The quantitative estimate of drug-likeness (QED) is 0.259. The van der Waals surface area contributed by atoms with Crippen molar-refractivity contribution in [3.8, 4) is 10.8 Å². The van der Waals surface area contributed by atoms with Crippen LogP contribution in [0.25, 0.3) is 0 Å². The van der Waals surface area contributed by atoms with Gasteiger partial charge in [-0.05, 0) is 30.0 Å². The molecule has 0 aromatic carbocycles. The van der Waals surface area contributed by atoms with Crippen LogP contribution in [0.4, 0.5) is 0 Å². The third-order valence-corrected chi connectivity index (χ3v) is 5.42. The summed E-state index contributed by atoms with van der Waals surface area (Å²) in [6.07, 6.45) is 5.61. The molecule has 0 saturated carbocycles. The molecule has 1 aliphatic rings. The Hall–Kier alpha value is -2.82. The van der Waals surface area contributed by atoms with Crippen LogP contribution in [0.5, 0.6) is 10.8 Å². The molecule has 0 saturated heterocycles. The van der Waals surface area contributed by atoms with Gasteiger partial charge in [0.15, 0.2) is 5.06 Å². The van der Waals surface area contributed by atoms with E-state index in [1.54, 1.807) is 6.20 Å². The molecule has 2 aromatic rings. The van der Waals surface area contributed by atoms with Crippen molar-refractivity contribution >= 4 is 40.2 Å². The van der Waals surface area contributed by atoms with Gasteiger partial charge in [0.05, 0.1) is 27.1 Å². The molecule has 0 unspecified atom stereocenters. The van der Waals surface area contributed by atoms with Gasteiger partial charge in [0.25, 0.3) is 5.91 Å². The summed E-state index contributed by atoms with van der Waals surface area (Å²) < 4.78 is 5.87. The monoisotopic (exact) mass is 389 g/mol. The lowest BCUT2D eigenvalue weighted by Gasteiger charge is -2.18. The molecule has 1 aliphatic carbocycles. The van der Waals surface area contributed by atoms with E-state index in [1.807, 2.05) is 0 Å². The second-order valence-corrected chi connectivity index (χ2v) is 6.87. The Balaban J connectivity index is 2.07. The number of allylic oxidation sites excluding steroid dienone is 1. The van der Waals surface area contributed by atoms with Crippen LogP contribution in [0.1, 0.15) is 37.6 Å². The first-order valence-electron chi connectivity index (χ1n) is 7.50. The van der Waals surface area contributed by atoms with E-state index in [4.69, 9.17) is 34.3 Å². The molecule has 10 heteroatoms. The van der Waals surface area contributed by atoms with E-state index in [0.29, 0.717) is 39.0 Å². The van der Waals surface area contributed by atoms with Crippen LogP contribution in [0.15, 0.2) is 30.2 Å². The van der Waals surface area contributed by atoms with Crippen LogP contribution in [-0.4, -0.2) is 21.7 Å². The number of hydrogen-bond donors (Lipinski definition) is 4. The third kappa shape index (κ3) is 3.29. The van der Waals surface area contributed by atoms with Crippen molar-refractivity contribution in [1.82, 2.24) is 10.4 Å². The van der Waals surface area contributed by atoms with Gasteiger partial charge in [-0.1, -0.05) is 23.6 Å². The predicted octanol–water partition coefficient (Wildman–Crippen LogP) is 1.14. The average molecular weight is 389 g/mol. The predicted molar refractivity (Wildman–Crippen MR) is 101 cm³/mol. The van der Waals surface area contributed by atoms with Gasteiger partial charge in [0.2, 0.25) is 5.91 Å². The number of ether oxygens (including phenoxy) is 1. The highest BCUT2D eigenvalue weighted by Gasteiger charge is 2.30. The highest BCUT2D eigenvalue weighted by atomic mass is 32.1. The van der Waals surface area contributed by atoms with Crippen LogP contribution in [0.3, 0.4) is 0 Å². The van der Waals surface area contributed by atoms with Crippen LogP contribution in [0, 0.1) is 0 Å². The van der Waals surface area contributed by atoms with Crippen LogP contribution in [-0.2, 0) is 6.42 Å². The normalized spacial score (nSPS) is 14.8. The van der Waals surface area contributed by atoms with Gasteiger partial charge in [-0.25, -0.2) is 0 Å². The number of thiocarbonyl (C=S) groups is 1. The van der Waals surface area contributed by atoms with Gasteiger partial charge in [-0.2, -0.15) is 0 Å². The summed E-state index contributed by atoms with van der Waals surface area (Å²) in [5.74, 6) is 4.50. The number of aromatic nitrogens is 1. The van der Waals surface area contributed by atoms with Crippen molar-refractivity contribution in [2.24, 2.45) is 17.3 Å². The molecule has 26 heavy (non-hydrogen) atoms. The zero-order valence-electron chi connectivity index (χ0n) is 13.4. The topological polar surface area (TPSA) is 146 Å². The second kappa shape index (κ2) is 7.20. The molecule has 134 valence electrons. The van der Waals surface area contributed by atoms with Gasteiger partial charge in [0.1, 0.15) is 5.75 Å². The third-order valence-electron chi connectivity index (χ3n) is 3.83. The SMILES string of the molecule is NNC=C1CCc2c(C(N)=O)sc(Oc3cncc(C(N)=O)c3)c2C1=S. The van der Waals surface area contributed by atoms with E-state index in [-0.39, 0.29) is 5.56 Å². The van der Waals surface area contributed by atoms with Crippen LogP contribution >= 0.6 is 23.6 Å². The van der Waals surface area contributed by atoms with E-state index in [1.165, 1.54) is 18.5 Å². The van der Waals surface area contributed by atoms with E-state index < -0.39 is 11.8 Å². The van der Waals surface area contributed by atoms with Gasteiger partial charge in [0, 0.05) is 12.4 Å². The Bertz CT molecular complexity index is 951. The Morgan fingerprint density at radius 2 is 2.04 bits per heavy atom. The molecule has 2 heterocycles. The lowest BCUT2D eigenvalue weighted by Crippen LogP contribution is -2.21. The highest BCUT2D eigenvalue weighted by Crippen LogP contribution is 2.43. The molecule has 7 N–H and O–H groups in total. The Morgan fingerprint density at radius 3 is 2.69 bits per heavy atom. The lowest BCUT2D eigenvalue weighted by molar-refractivity contribution is 0.0993. The summed E-state index contributed by atoms with van der Waals surface area (Å²) in [6, 6.07) is 1.47. The van der Waals surface area contributed by atoms with E-state index in [0.717, 1.165) is 22.5 Å².